The van der Waals surface area contributed by atoms with Crippen LogP contribution in [-0.2, 0) is 20.9 Å². The fourth-order valence-electron chi connectivity index (χ4n) is 4.41. The fourth-order valence-corrected chi connectivity index (χ4v) is 4.41. The number of benzene rings is 1. The predicted molar refractivity (Wildman–Crippen MR) is 116 cm³/mol. The molecule has 2 saturated carbocycles. The average Bonchev–Trinajstić information content (AvgIpc) is 3.53. The molecule has 6 N–H and O–H groups in total. The van der Waals surface area contributed by atoms with E-state index in [4.69, 9.17) is 16.2 Å². The molecular weight excluding hydrogens is 396 g/mol. The smallest absolute Gasteiger partial charge is 0.303 e. The molecule has 2 aliphatic rings. The third kappa shape index (κ3) is 6.06. The number of aliphatic carboxylic acids is 1. The first-order valence-corrected chi connectivity index (χ1v) is 11.1. The van der Waals surface area contributed by atoms with E-state index < -0.39 is 11.5 Å². The second kappa shape index (κ2) is 9.94. The van der Waals surface area contributed by atoms with Crippen molar-refractivity contribution < 1.29 is 19.5 Å². The lowest BCUT2D eigenvalue weighted by atomic mass is 9.77. The first-order valence-electron chi connectivity index (χ1n) is 11.1. The Morgan fingerprint density at radius 1 is 1.13 bits per heavy atom. The van der Waals surface area contributed by atoms with Gasteiger partial charge in [-0.15, -0.1) is 0 Å². The lowest BCUT2D eigenvalue weighted by Crippen LogP contribution is -2.51. The van der Waals surface area contributed by atoms with E-state index in [1.165, 1.54) is 0 Å². The van der Waals surface area contributed by atoms with Crippen molar-refractivity contribution in [3.63, 3.8) is 0 Å². The molecule has 2 fully saturated rings. The van der Waals surface area contributed by atoms with E-state index in [1.807, 2.05) is 0 Å². The van der Waals surface area contributed by atoms with Crippen LogP contribution in [0.4, 0.5) is 0 Å². The minimum Gasteiger partial charge on any atom is -0.481 e. The maximum absolute atomic E-state index is 13.1. The highest BCUT2D eigenvalue weighted by Gasteiger charge is 2.52. The van der Waals surface area contributed by atoms with Crippen LogP contribution in [0.1, 0.15) is 68.9 Å². The van der Waals surface area contributed by atoms with E-state index in [9.17, 15) is 14.4 Å². The summed E-state index contributed by atoms with van der Waals surface area (Å²) in [4.78, 5) is 37.0. The summed E-state index contributed by atoms with van der Waals surface area (Å²) in [6, 6.07) is 7.08. The largest absolute Gasteiger partial charge is 0.481 e. The van der Waals surface area contributed by atoms with Crippen LogP contribution < -0.4 is 16.4 Å². The van der Waals surface area contributed by atoms with E-state index in [-0.39, 0.29) is 35.9 Å². The van der Waals surface area contributed by atoms with Gasteiger partial charge in [0.05, 0.1) is 0 Å². The van der Waals surface area contributed by atoms with Crippen molar-refractivity contribution in [1.29, 1.82) is 5.41 Å². The number of hydrogen-bond donors (Lipinski definition) is 5. The fraction of sp³-hybridized carbons (Fsp3) is 0.565. The number of rotatable bonds is 10. The second-order valence-electron chi connectivity index (χ2n) is 8.80. The Morgan fingerprint density at radius 3 is 2.32 bits per heavy atom. The Labute approximate surface area is 182 Å². The summed E-state index contributed by atoms with van der Waals surface area (Å²) in [5.74, 6) is -1.48. The van der Waals surface area contributed by atoms with Gasteiger partial charge in [0.1, 0.15) is 11.4 Å². The van der Waals surface area contributed by atoms with Crippen LogP contribution in [0, 0.1) is 17.2 Å². The molecule has 0 aromatic heterocycles. The molecule has 3 rings (SSSR count). The normalized spacial score (nSPS) is 18.6. The van der Waals surface area contributed by atoms with Gasteiger partial charge >= 0.3 is 5.97 Å². The number of nitrogens with two attached hydrogens (primary N) is 1. The molecule has 1 atom stereocenters. The molecule has 2 amide bonds. The van der Waals surface area contributed by atoms with Gasteiger partial charge in [-0.2, -0.15) is 0 Å². The number of amidine groups is 1. The van der Waals surface area contributed by atoms with Crippen LogP contribution in [0.3, 0.4) is 0 Å². The molecule has 168 valence electrons. The van der Waals surface area contributed by atoms with Gasteiger partial charge in [-0.1, -0.05) is 43.5 Å². The van der Waals surface area contributed by atoms with Crippen LogP contribution >= 0.6 is 0 Å². The molecule has 0 spiro atoms. The molecule has 0 unspecified atom stereocenters. The van der Waals surface area contributed by atoms with E-state index in [0.717, 1.165) is 37.7 Å². The number of carboxylic acid groups (broad SMARTS) is 1. The third-order valence-corrected chi connectivity index (χ3v) is 6.49. The van der Waals surface area contributed by atoms with Crippen molar-refractivity contribution >= 4 is 23.6 Å². The molecule has 1 aromatic rings. The highest BCUT2D eigenvalue weighted by molar-refractivity contribution is 5.95. The number of carboxylic acids is 1. The minimum atomic E-state index is -0.900. The Kier molecular flexibility index (Phi) is 7.30. The lowest BCUT2D eigenvalue weighted by Gasteiger charge is -2.30. The molecule has 8 heteroatoms. The maximum atomic E-state index is 13.1. The average molecular weight is 429 g/mol. The number of amides is 2. The molecule has 1 aromatic carbocycles. The zero-order chi connectivity index (χ0) is 22.4. The van der Waals surface area contributed by atoms with Crippen molar-refractivity contribution in [3.8, 4) is 0 Å². The highest BCUT2D eigenvalue weighted by atomic mass is 16.4. The van der Waals surface area contributed by atoms with Crippen molar-refractivity contribution in [2.45, 2.75) is 69.9 Å². The molecule has 2 aliphatic carbocycles. The molecule has 8 nitrogen and oxygen atoms in total. The zero-order valence-electron chi connectivity index (χ0n) is 17.8. The highest BCUT2D eigenvalue weighted by Crippen LogP contribution is 2.38. The van der Waals surface area contributed by atoms with Gasteiger partial charge in [-0.25, -0.2) is 0 Å². The van der Waals surface area contributed by atoms with Crippen LogP contribution in [-0.4, -0.2) is 34.3 Å². The third-order valence-electron chi connectivity index (χ3n) is 6.49. The lowest BCUT2D eigenvalue weighted by molar-refractivity contribution is -0.138. The monoisotopic (exact) mass is 428 g/mol. The summed E-state index contributed by atoms with van der Waals surface area (Å²) in [5.41, 5.74) is 6.07. The summed E-state index contributed by atoms with van der Waals surface area (Å²) in [7, 11) is 0. The van der Waals surface area contributed by atoms with E-state index >= 15 is 0 Å². The Balaban J connectivity index is 1.58. The van der Waals surface area contributed by atoms with Gasteiger partial charge in [-0.05, 0) is 43.6 Å². The van der Waals surface area contributed by atoms with Gasteiger partial charge in [-0.3, -0.25) is 19.8 Å². The summed E-state index contributed by atoms with van der Waals surface area (Å²) in [6.07, 6.45) is 6.61. The van der Waals surface area contributed by atoms with Crippen LogP contribution in [0.5, 0.6) is 0 Å². The van der Waals surface area contributed by atoms with Gasteiger partial charge in [0.25, 0.3) is 0 Å². The summed E-state index contributed by atoms with van der Waals surface area (Å²) in [6.45, 7) is 0.319. The van der Waals surface area contributed by atoms with Gasteiger partial charge in [0, 0.05) is 24.4 Å². The van der Waals surface area contributed by atoms with Crippen molar-refractivity contribution in [3.05, 3.63) is 35.4 Å². The van der Waals surface area contributed by atoms with Crippen LogP contribution in [0.25, 0.3) is 0 Å². The standard InChI is InChI=1S/C23H32N4O4/c24-20(25)17-8-6-15(7-9-17)14-26-22(31)23(12-13-23)27-21(30)18(10-11-19(28)29)16-4-2-1-3-5-16/h6-9,16,18H,1-5,10-14H2,(H3,24,25)(H,26,31)(H,27,30)(H,28,29)/t18-/m1/s1. The summed E-state index contributed by atoms with van der Waals surface area (Å²) in [5, 5.41) is 22.4. The van der Waals surface area contributed by atoms with E-state index in [2.05, 4.69) is 10.6 Å². The van der Waals surface area contributed by atoms with Crippen LogP contribution in [0.15, 0.2) is 24.3 Å². The first kappa shape index (κ1) is 22.8. The molecule has 31 heavy (non-hydrogen) atoms. The number of nitrogen functional groups attached to an aromatic ring is 1. The minimum absolute atomic E-state index is 0.00866. The van der Waals surface area contributed by atoms with Gasteiger partial charge in [0.15, 0.2) is 0 Å². The Morgan fingerprint density at radius 2 is 1.77 bits per heavy atom. The molecule has 0 aliphatic heterocycles. The van der Waals surface area contributed by atoms with Crippen LogP contribution in [0.2, 0.25) is 0 Å². The van der Waals surface area contributed by atoms with E-state index in [0.29, 0.717) is 31.4 Å². The SMILES string of the molecule is N=C(N)c1ccc(CNC(=O)C2(NC(=O)[C@H](CCC(=O)O)C3CCCCC3)CC2)cc1. The van der Waals surface area contributed by atoms with E-state index in [1.54, 1.807) is 24.3 Å². The predicted octanol–water partition coefficient (Wildman–Crippen LogP) is 2.30. The number of hydrogen-bond acceptors (Lipinski definition) is 4. The molecule has 0 saturated heterocycles. The summed E-state index contributed by atoms with van der Waals surface area (Å²) < 4.78 is 0. The Hall–Kier alpha value is -2.90. The topological polar surface area (TPSA) is 145 Å². The number of carbonyl (C=O) groups excluding carboxylic acids is 2. The zero-order valence-corrected chi connectivity index (χ0v) is 17.8. The van der Waals surface area contributed by atoms with Gasteiger partial charge < -0.3 is 21.5 Å². The van der Waals surface area contributed by atoms with Crippen molar-refractivity contribution in [2.24, 2.45) is 17.6 Å². The molecular formula is C23H32N4O4. The van der Waals surface area contributed by atoms with Crippen molar-refractivity contribution in [2.75, 3.05) is 0 Å². The summed E-state index contributed by atoms with van der Waals surface area (Å²) >= 11 is 0. The molecule has 0 bridgehead atoms. The maximum Gasteiger partial charge on any atom is 0.303 e. The number of carbonyl (C=O) groups is 3. The molecule has 0 heterocycles. The van der Waals surface area contributed by atoms with Crippen molar-refractivity contribution in [1.82, 2.24) is 10.6 Å². The second-order valence-corrected chi connectivity index (χ2v) is 8.80. The molecule has 0 radical (unpaired) electrons. The number of nitrogens with one attached hydrogen (secondary N) is 3. The quantitative estimate of drug-likeness (QED) is 0.287. The van der Waals surface area contributed by atoms with Gasteiger partial charge in [0.2, 0.25) is 11.8 Å². The first-order chi connectivity index (χ1) is 14.8. The Bertz CT molecular complexity index is 826.